The van der Waals surface area contributed by atoms with Crippen molar-refractivity contribution in [2.45, 2.75) is 56.7 Å². The number of hydrogen-bond donors (Lipinski definition) is 2. The van der Waals surface area contributed by atoms with Crippen molar-refractivity contribution >= 4 is 0 Å². The third-order valence-corrected chi connectivity index (χ3v) is 3.52. The Morgan fingerprint density at radius 3 is 2.41 bits per heavy atom. The molecule has 2 aliphatic rings. The van der Waals surface area contributed by atoms with Gasteiger partial charge in [0.1, 0.15) is 17.8 Å². The molecule has 2 heterocycles. The van der Waals surface area contributed by atoms with Gasteiger partial charge in [0.2, 0.25) is 0 Å². The Morgan fingerprint density at radius 1 is 1.18 bits per heavy atom. The highest BCUT2D eigenvalue weighted by atomic mass is 16.7. The van der Waals surface area contributed by atoms with Crippen molar-refractivity contribution < 1.29 is 24.4 Å². The molecule has 0 saturated carbocycles. The summed E-state index contributed by atoms with van der Waals surface area (Å²) >= 11 is 0. The van der Waals surface area contributed by atoms with Crippen LogP contribution in [0.4, 0.5) is 0 Å². The number of ether oxygens (including phenoxy) is 3. The van der Waals surface area contributed by atoms with Gasteiger partial charge < -0.3 is 24.4 Å². The molecule has 100 valence electrons. The van der Waals surface area contributed by atoms with Crippen LogP contribution in [0.1, 0.15) is 32.6 Å². The lowest BCUT2D eigenvalue weighted by Crippen LogP contribution is -2.55. The Balaban J connectivity index is 1.78. The summed E-state index contributed by atoms with van der Waals surface area (Å²) in [6, 6.07) is 0. The van der Waals surface area contributed by atoms with E-state index in [9.17, 15) is 10.2 Å². The molecule has 0 aromatic rings. The topological polar surface area (TPSA) is 68.2 Å². The van der Waals surface area contributed by atoms with Gasteiger partial charge in [-0.05, 0) is 12.8 Å². The molecule has 0 bridgehead atoms. The van der Waals surface area contributed by atoms with Crippen LogP contribution in [-0.2, 0) is 14.2 Å². The highest BCUT2D eigenvalue weighted by Crippen LogP contribution is 2.32. The second kappa shape index (κ2) is 5.63. The molecule has 2 atom stereocenters. The van der Waals surface area contributed by atoms with Crippen LogP contribution >= 0.6 is 0 Å². The molecular formula is C12H22O5. The predicted molar refractivity (Wildman–Crippen MR) is 60.5 cm³/mol. The molecule has 5 heteroatoms. The Morgan fingerprint density at radius 2 is 1.88 bits per heavy atom. The SMILES string of the molecule is CCCCCC1OCC2(CO1)OC[C@@H](O)C2O. The fourth-order valence-electron chi connectivity index (χ4n) is 2.32. The first-order valence-corrected chi connectivity index (χ1v) is 6.41. The number of aliphatic hydroxyl groups is 2. The molecule has 5 nitrogen and oxygen atoms in total. The predicted octanol–water partition coefficient (Wildman–Crippen LogP) is 0.430. The summed E-state index contributed by atoms with van der Waals surface area (Å²) in [5, 5.41) is 19.3. The molecule has 2 N–H and O–H groups in total. The zero-order valence-corrected chi connectivity index (χ0v) is 10.3. The number of rotatable bonds is 4. The van der Waals surface area contributed by atoms with Crippen LogP contribution in [0.3, 0.4) is 0 Å². The smallest absolute Gasteiger partial charge is 0.157 e. The van der Waals surface area contributed by atoms with Gasteiger partial charge in [0, 0.05) is 0 Å². The van der Waals surface area contributed by atoms with Gasteiger partial charge in [-0.25, -0.2) is 0 Å². The molecule has 2 rings (SSSR count). The monoisotopic (exact) mass is 246 g/mol. The average Bonchev–Trinajstić information content (AvgIpc) is 2.62. The molecule has 17 heavy (non-hydrogen) atoms. The van der Waals surface area contributed by atoms with Crippen LogP contribution in [0.25, 0.3) is 0 Å². The van der Waals surface area contributed by atoms with E-state index in [0.29, 0.717) is 13.2 Å². The van der Waals surface area contributed by atoms with E-state index >= 15 is 0 Å². The number of hydrogen-bond acceptors (Lipinski definition) is 5. The van der Waals surface area contributed by atoms with Gasteiger partial charge in [0.25, 0.3) is 0 Å². The van der Waals surface area contributed by atoms with Gasteiger partial charge in [-0.15, -0.1) is 0 Å². The lowest BCUT2D eigenvalue weighted by atomic mass is 9.96. The summed E-state index contributed by atoms with van der Waals surface area (Å²) in [7, 11) is 0. The summed E-state index contributed by atoms with van der Waals surface area (Å²) in [6.45, 7) is 2.89. The van der Waals surface area contributed by atoms with E-state index in [2.05, 4.69) is 6.92 Å². The Hall–Kier alpha value is -0.200. The normalized spacial score (nSPS) is 42.2. The molecule has 0 aromatic heterocycles. The molecule has 0 radical (unpaired) electrons. The second-order valence-electron chi connectivity index (χ2n) is 4.94. The minimum Gasteiger partial charge on any atom is -0.388 e. The van der Waals surface area contributed by atoms with E-state index in [1.807, 2.05) is 0 Å². The molecule has 1 unspecified atom stereocenters. The molecule has 0 amide bonds. The van der Waals surface area contributed by atoms with Crippen molar-refractivity contribution in [2.75, 3.05) is 19.8 Å². The van der Waals surface area contributed by atoms with Crippen molar-refractivity contribution in [2.24, 2.45) is 0 Å². The first-order chi connectivity index (χ1) is 8.18. The molecule has 1 spiro atoms. The third kappa shape index (κ3) is 2.80. The largest absolute Gasteiger partial charge is 0.388 e. The van der Waals surface area contributed by atoms with Gasteiger partial charge in [-0.1, -0.05) is 19.8 Å². The minimum atomic E-state index is -0.918. The van der Waals surface area contributed by atoms with Gasteiger partial charge in [0.15, 0.2) is 6.29 Å². The third-order valence-electron chi connectivity index (χ3n) is 3.52. The van der Waals surface area contributed by atoms with Crippen LogP contribution in [0, 0.1) is 0 Å². The molecule has 0 aliphatic carbocycles. The zero-order chi connectivity index (χ0) is 12.3. The lowest BCUT2D eigenvalue weighted by molar-refractivity contribution is -0.271. The summed E-state index contributed by atoms with van der Waals surface area (Å²) < 4.78 is 16.6. The highest BCUT2D eigenvalue weighted by Gasteiger charge is 2.52. The van der Waals surface area contributed by atoms with Crippen LogP contribution in [0.5, 0.6) is 0 Å². The van der Waals surface area contributed by atoms with Crippen molar-refractivity contribution in [3.8, 4) is 0 Å². The lowest BCUT2D eigenvalue weighted by Gasteiger charge is -2.38. The standard InChI is InChI=1S/C12H22O5/c1-2-3-4-5-10-15-7-12(8-16-10)11(14)9(13)6-17-12/h9-11,13-14H,2-8H2,1H3/t9-,10?,11?,12?/m1/s1. The maximum absolute atomic E-state index is 9.84. The number of aliphatic hydroxyl groups excluding tert-OH is 2. The Kier molecular flexibility index (Phi) is 4.38. The van der Waals surface area contributed by atoms with E-state index < -0.39 is 17.8 Å². The first-order valence-electron chi connectivity index (χ1n) is 6.41. The summed E-state index contributed by atoms with van der Waals surface area (Å²) in [6.07, 6.45) is 2.36. The molecule has 2 saturated heterocycles. The van der Waals surface area contributed by atoms with Crippen molar-refractivity contribution in [3.63, 3.8) is 0 Å². The average molecular weight is 246 g/mol. The fourth-order valence-corrected chi connectivity index (χ4v) is 2.32. The maximum atomic E-state index is 9.84. The maximum Gasteiger partial charge on any atom is 0.157 e. The van der Waals surface area contributed by atoms with Gasteiger partial charge in [0.05, 0.1) is 19.8 Å². The van der Waals surface area contributed by atoms with E-state index in [-0.39, 0.29) is 12.9 Å². The van der Waals surface area contributed by atoms with E-state index in [4.69, 9.17) is 14.2 Å². The van der Waals surface area contributed by atoms with E-state index in [0.717, 1.165) is 12.8 Å². The van der Waals surface area contributed by atoms with Crippen molar-refractivity contribution in [1.29, 1.82) is 0 Å². The van der Waals surface area contributed by atoms with E-state index in [1.165, 1.54) is 12.8 Å². The van der Waals surface area contributed by atoms with Gasteiger partial charge >= 0.3 is 0 Å². The first kappa shape index (κ1) is 13.2. The van der Waals surface area contributed by atoms with Crippen LogP contribution < -0.4 is 0 Å². The van der Waals surface area contributed by atoms with Crippen molar-refractivity contribution in [3.05, 3.63) is 0 Å². The Labute approximate surface area is 102 Å². The van der Waals surface area contributed by atoms with Crippen molar-refractivity contribution in [1.82, 2.24) is 0 Å². The zero-order valence-electron chi connectivity index (χ0n) is 10.3. The van der Waals surface area contributed by atoms with Gasteiger partial charge in [-0.3, -0.25) is 0 Å². The van der Waals surface area contributed by atoms with Crippen LogP contribution in [0.2, 0.25) is 0 Å². The fraction of sp³-hybridized carbons (Fsp3) is 1.00. The molecule has 2 aliphatic heterocycles. The second-order valence-corrected chi connectivity index (χ2v) is 4.94. The summed E-state index contributed by atoms with van der Waals surface area (Å²) in [4.78, 5) is 0. The van der Waals surface area contributed by atoms with Crippen LogP contribution in [0.15, 0.2) is 0 Å². The molecule has 0 aromatic carbocycles. The quantitative estimate of drug-likeness (QED) is 0.704. The Bertz CT molecular complexity index is 237. The van der Waals surface area contributed by atoms with Crippen LogP contribution in [-0.4, -0.2) is 54.1 Å². The number of unbranched alkanes of at least 4 members (excludes halogenated alkanes) is 2. The molecule has 2 fully saturated rings. The van der Waals surface area contributed by atoms with Gasteiger partial charge in [-0.2, -0.15) is 0 Å². The minimum absolute atomic E-state index is 0.147. The highest BCUT2D eigenvalue weighted by molar-refractivity contribution is 4.99. The summed E-state index contributed by atoms with van der Waals surface area (Å²) in [5.74, 6) is 0. The summed E-state index contributed by atoms with van der Waals surface area (Å²) in [5.41, 5.74) is -0.860. The molecular weight excluding hydrogens is 224 g/mol. The van der Waals surface area contributed by atoms with E-state index in [1.54, 1.807) is 0 Å².